The van der Waals surface area contributed by atoms with Gasteiger partial charge >= 0.3 is 0 Å². The summed E-state index contributed by atoms with van der Waals surface area (Å²) in [6.45, 7) is 1.69. The van der Waals surface area contributed by atoms with Gasteiger partial charge in [-0.05, 0) is 0 Å². The molecule has 1 amide bonds. The molecule has 0 aromatic carbocycles. The number of fused-ring (bicyclic) bond motifs is 1. The van der Waals surface area contributed by atoms with Gasteiger partial charge < -0.3 is 14.4 Å². The van der Waals surface area contributed by atoms with Gasteiger partial charge in [0, 0.05) is 31.3 Å². The number of hydrogen-bond donors (Lipinski definition) is 1. The van der Waals surface area contributed by atoms with E-state index in [0.717, 1.165) is 16.4 Å². The summed E-state index contributed by atoms with van der Waals surface area (Å²) < 4.78 is 33.7. The SMILES string of the molecule is NS(=O)(=O)C1CC(=O)N(CCc2scc3c2OCCO3)C1. The topological polar surface area (TPSA) is 98.9 Å². The zero-order valence-corrected chi connectivity index (χ0v) is 12.9. The number of nitrogens with zero attached hydrogens (tertiary/aromatic N) is 1. The summed E-state index contributed by atoms with van der Waals surface area (Å²) in [4.78, 5) is 14.4. The van der Waals surface area contributed by atoms with Crippen LogP contribution in [0.25, 0.3) is 0 Å². The fourth-order valence-electron chi connectivity index (χ4n) is 2.50. The molecule has 1 atom stereocenters. The van der Waals surface area contributed by atoms with Crippen LogP contribution in [-0.2, 0) is 21.2 Å². The molecule has 0 bridgehead atoms. The molecule has 1 aromatic rings. The zero-order valence-electron chi connectivity index (χ0n) is 11.3. The third-order valence-electron chi connectivity index (χ3n) is 3.62. The van der Waals surface area contributed by atoms with Crippen molar-refractivity contribution in [2.75, 3.05) is 26.3 Å². The molecular weight excluding hydrogens is 316 g/mol. The molecule has 2 aliphatic rings. The summed E-state index contributed by atoms with van der Waals surface area (Å²) in [5, 5.41) is 6.21. The van der Waals surface area contributed by atoms with Crippen LogP contribution in [0.3, 0.4) is 0 Å². The predicted molar refractivity (Wildman–Crippen MR) is 77.1 cm³/mol. The maximum atomic E-state index is 11.8. The van der Waals surface area contributed by atoms with Crippen LogP contribution in [0.1, 0.15) is 11.3 Å². The lowest BCUT2D eigenvalue weighted by molar-refractivity contribution is -0.127. The Kier molecular flexibility index (Phi) is 3.80. The molecule has 2 N–H and O–H groups in total. The van der Waals surface area contributed by atoms with Crippen molar-refractivity contribution in [3.8, 4) is 11.5 Å². The van der Waals surface area contributed by atoms with Gasteiger partial charge in [0.05, 0.1) is 4.88 Å². The van der Waals surface area contributed by atoms with Crippen LogP contribution < -0.4 is 14.6 Å². The molecule has 1 aromatic heterocycles. The first kappa shape index (κ1) is 14.6. The van der Waals surface area contributed by atoms with Crippen LogP contribution in [0, 0.1) is 0 Å². The van der Waals surface area contributed by atoms with E-state index >= 15 is 0 Å². The van der Waals surface area contributed by atoms with Gasteiger partial charge in [-0.3, -0.25) is 4.79 Å². The summed E-state index contributed by atoms with van der Waals surface area (Å²) in [6, 6.07) is 0. The molecule has 2 aliphatic heterocycles. The summed E-state index contributed by atoms with van der Waals surface area (Å²) in [5.41, 5.74) is 0. The standard InChI is InChI=1S/C12H16N2O5S2/c13-21(16,17)8-5-11(15)14(6-8)2-1-10-12-9(7-20-10)18-3-4-19-12/h7-8H,1-6H2,(H2,13,16,17). The molecule has 3 rings (SSSR count). The molecule has 0 radical (unpaired) electrons. The molecule has 3 heterocycles. The fraction of sp³-hybridized carbons (Fsp3) is 0.583. The van der Waals surface area contributed by atoms with Crippen molar-refractivity contribution in [3.05, 3.63) is 10.3 Å². The molecule has 1 saturated heterocycles. The number of hydrogen-bond acceptors (Lipinski definition) is 6. The number of nitrogens with two attached hydrogens (primary N) is 1. The van der Waals surface area contributed by atoms with Gasteiger partial charge in [-0.25, -0.2) is 13.6 Å². The van der Waals surface area contributed by atoms with E-state index < -0.39 is 15.3 Å². The largest absolute Gasteiger partial charge is 0.485 e. The van der Waals surface area contributed by atoms with E-state index in [1.54, 1.807) is 4.90 Å². The number of amides is 1. The third-order valence-corrected chi connectivity index (χ3v) is 5.88. The summed E-state index contributed by atoms with van der Waals surface area (Å²) in [7, 11) is -3.66. The van der Waals surface area contributed by atoms with E-state index in [1.807, 2.05) is 5.38 Å². The number of carbonyl (C=O) groups excluding carboxylic acids is 1. The summed E-state index contributed by atoms with van der Waals surface area (Å²) in [5.74, 6) is 1.33. The maximum absolute atomic E-state index is 11.8. The van der Waals surface area contributed by atoms with Gasteiger partial charge in [0.25, 0.3) is 0 Å². The second-order valence-corrected chi connectivity index (χ2v) is 7.86. The number of primary sulfonamides is 1. The van der Waals surface area contributed by atoms with E-state index in [-0.39, 0.29) is 18.9 Å². The normalized spacial score (nSPS) is 21.9. The van der Waals surface area contributed by atoms with Crippen LogP contribution in [0.5, 0.6) is 11.5 Å². The molecule has 9 heteroatoms. The minimum atomic E-state index is -3.66. The van der Waals surface area contributed by atoms with E-state index in [4.69, 9.17) is 14.6 Å². The Bertz CT molecular complexity index is 655. The third kappa shape index (κ3) is 2.99. The van der Waals surface area contributed by atoms with Crippen LogP contribution in [0.4, 0.5) is 0 Å². The van der Waals surface area contributed by atoms with Crippen molar-refractivity contribution in [1.29, 1.82) is 0 Å². The number of likely N-dealkylation sites (tertiary alicyclic amines) is 1. The molecule has 1 unspecified atom stereocenters. The Morgan fingerprint density at radius 2 is 2.14 bits per heavy atom. The van der Waals surface area contributed by atoms with Crippen LogP contribution in [0.15, 0.2) is 5.38 Å². The van der Waals surface area contributed by atoms with E-state index in [2.05, 4.69) is 0 Å². The van der Waals surface area contributed by atoms with E-state index in [0.29, 0.717) is 26.2 Å². The highest BCUT2D eigenvalue weighted by molar-refractivity contribution is 7.89. The quantitative estimate of drug-likeness (QED) is 0.833. The second kappa shape index (κ2) is 5.47. The summed E-state index contributed by atoms with van der Waals surface area (Å²) in [6.07, 6.45) is 0.591. The number of ether oxygens (including phenoxy) is 2. The fourth-order valence-corrected chi connectivity index (χ4v) is 4.16. The van der Waals surface area contributed by atoms with Crippen molar-refractivity contribution in [2.45, 2.75) is 18.1 Å². The highest BCUT2D eigenvalue weighted by Gasteiger charge is 2.36. The van der Waals surface area contributed by atoms with Gasteiger partial charge in [-0.2, -0.15) is 0 Å². The van der Waals surface area contributed by atoms with Crippen molar-refractivity contribution >= 4 is 27.3 Å². The lowest BCUT2D eigenvalue weighted by Gasteiger charge is -2.18. The highest BCUT2D eigenvalue weighted by atomic mass is 32.2. The average molecular weight is 332 g/mol. The van der Waals surface area contributed by atoms with Gasteiger partial charge in [-0.15, -0.1) is 11.3 Å². The van der Waals surface area contributed by atoms with Crippen molar-refractivity contribution < 1.29 is 22.7 Å². The lowest BCUT2D eigenvalue weighted by atomic mass is 10.3. The molecule has 0 saturated carbocycles. The highest BCUT2D eigenvalue weighted by Crippen LogP contribution is 2.39. The van der Waals surface area contributed by atoms with Gasteiger partial charge in [0.1, 0.15) is 18.5 Å². The number of thiophene rings is 1. The minimum Gasteiger partial charge on any atom is -0.485 e. The van der Waals surface area contributed by atoms with Crippen LogP contribution >= 0.6 is 11.3 Å². The van der Waals surface area contributed by atoms with Gasteiger partial charge in [0.15, 0.2) is 11.5 Å². The minimum absolute atomic E-state index is 0.0268. The van der Waals surface area contributed by atoms with Crippen molar-refractivity contribution in [2.24, 2.45) is 5.14 Å². The maximum Gasteiger partial charge on any atom is 0.224 e. The predicted octanol–water partition coefficient (Wildman–Crippen LogP) is -0.0488. The Morgan fingerprint density at radius 1 is 1.38 bits per heavy atom. The monoisotopic (exact) mass is 332 g/mol. The van der Waals surface area contributed by atoms with E-state index in [9.17, 15) is 13.2 Å². The summed E-state index contributed by atoms with van der Waals surface area (Å²) >= 11 is 1.53. The van der Waals surface area contributed by atoms with E-state index in [1.165, 1.54) is 11.3 Å². The van der Waals surface area contributed by atoms with Crippen molar-refractivity contribution in [3.63, 3.8) is 0 Å². The second-order valence-electron chi connectivity index (χ2n) is 5.05. The molecular formula is C12H16N2O5S2. The lowest BCUT2D eigenvalue weighted by Crippen LogP contribution is -2.33. The Labute approximate surface area is 126 Å². The Morgan fingerprint density at radius 3 is 2.86 bits per heavy atom. The van der Waals surface area contributed by atoms with Gasteiger partial charge in [0.2, 0.25) is 15.9 Å². The number of rotatable bonds is 4. The molecule has 7 nitrogen and oxygen atoms in total. The van der Waals surface area contributed by atoms with Crippen LogP contribution in [0.2, 0.25) is 0 Å². The first-order valence-electron chi connectivity index (χ1n) is 6.60. The average Bonchev–Trinajstić information content (AvgIpc) is 3.00. The van der Waals surface area contributed by atoms with Crippen LogP contribution in [-0.4, -0.2) is 50.8 Å². The Hall–Kier alpha value is -1.32. The Balaban J connectivity index is 1.63. The first-order valence-corrected chi connectivity index (χ1v) is 9.09. The number of sulfonamides is 1. The van der Waals surface area contributed by atoms with Gasteiger partial charge in [-0.1, -0.05) is 0 Å². The van der Waals surface area contributed by atoms with Crippen molar-refractivity contribution in [1.82, 2.24) is 4.90 Å². The molecule has 0 spiro atoms. The molecule has 21 heavy (non-hydrogen) atoms. The molecule has 0 aliphatic carbocycles. The smallest absolute Gasteiger partial charge is 0.224 e. The molecule has 1 fully saturated rings. The number of carbonyl (C=O) groups is 1. The zero-order chi connectivity index (χ0) is 15.0. The molecule has 116 valence electrons. The first-order chi connectivity index (χ1) is 9.95.